The number of para-hydroxylation sites is 1. The highest BCUT2D eigenvalue weighted by atomic mass is 16.5. The molecule has 148 valence electrons. The molecule has 0 unspecified atom stereocenters. The van der Waals surface area contributed by atoms with E-state index in [-0.39, 0.29) is 11.8 Å². The summed E-state index contributed by atoms with van der Waals surface area (Å²) in [5.41, 5.74) is 2.01. The highest BCUT2D eigenvalue weighted by Crippen LogP contribution is 2.25. The molecule has 1 aromatic carbocycles. The number of amides is 2. The first-order chi connectivity index (χ1) is 13.6. The minimum Gasteiger partial charge on any atom is -0.378 e. The number of carbonyl (C=O) groups is 3. The van der Waals surface area contributed by atoms with Crippen LogP contribution < -0.4 is 0 Å². The number of piperidine rings is 1. The molecule has 7 heteroatoms. The Balaban J connectivity index is 1.41. The maximum Gasteiger partial charge on any atom is 0.295 e. The first-order valence-electron chi connectivity index (χ1n) is 9.83. The summed E-state index contributed by atoms with van der Waals surface area (Å²) in [4.78, 5) is 45.0. The molecule has 2 aliphatic rings. The summed E-state index contributed by atoms with van der Waals surface area (Å²) in [6, 6.07) is 7.50. The lowest BCUT2D eigenvalue weighted by Crippen LogP contribution is -2.48. The van der Waals surface area contributed by atoms with E-state index in [1.807, 2.05) is 36.1 Å². The number of hydrogen-bond donors (Lipinski definition) is 1. The second-order valence-electron chi connectivity index (χ2n) is 7.50. The van der Waals surface area contributed by atoms with Gasteiger partial charge in [0.05, 0.1) is 18.8 Å². The van der Waals surface area contributed by atoms with Crippen molar-refractivity contribution < 1.29 is 19.1 Å². The van der Waals surface area contributed by atoms with Crippen molar-refractivity contribution in [1.29, 1.82) is 0 Å². The van der Waals surface area contributed by atoms with E-state index in [4.69, 9.17) is 4.74 Å². The molecule has 2 aliphatic heterocycles. The second-order valence-corrected chi connectivity index (χ2v) is 7.50. The summed E-state index contributed by atoms with van der Waals surface area (Å²) in [6.45, 7) is 5.13. The van der Waals surface area contributed by atoms with Gasteiger partial charge in [0.15, 0.2) is 0 Å². The first kappa shape index (κ1) is 18.7. The Bertz CT molecular complexity index is 906. The van der Waals surface area contributed by atoms with Crippen LogP contribution in [-0.2, 0) is 14.3 Å². The van der Waals surface area contributed by atoms with Crippen molar-refractivity contribution in [1.82, 2.24) is 14.8 Å². The SMILES string of the molecule is Cc1[nH]c2ccccc2c1C(=O)C(=O)N1CCC(C(=O)N2CCOCC2)CC1. The number of H-pyrrole nitrogens is 1. The second kappa shape index (κ2) is 7.75. The van der Waals surface area contributed by atoms with Crippen molar-refractivity contribution in [2.45, 2.75) is 19.8 Å². The number of rotatable bonds is 3. The number of aromatic nitrogens is 1. The average molecular weight is 383 g/mol. The molecule has 1 aromatic heterocycles. The summed E-state index contributed by atoms with van der Waals surface area (Å²) in [5, 5.41) is 0.774. The highest BCUT2D eigenvalue weighted by Gasteiger charge is 2.34. The van der Waals surface area contributed by atoms with Gasteiger partial charge in [-0.2, -0.15) is 0 Å². The number of fused-ring (bicyclic) bond motifs is 1. The number of hydrogen-bond acceptors (Lipinski definition) is 4. The first-order valence-corrected chi connectivity index (χ1v) is 9.83. The number of ether oxygens (including phenoxy) is 1. The largest absolute Gasteiger partial charge is 0.378 e. The number of ketones is 1. The summed E-state index contributed by atoms with van der Waals surface area (Å²) in [7, 11) is 0. The monoisotopic (exact) mass is 383 g/mol. The number of morpholine rings is 1. The molecule has 2 amide bonds. The summed E-state index contributed by atoms with van der Waals surface area (Å²) in [5.74, 6) is -0.890. The fraction of sp³-hybridized carbons (Fsp3) is 0.476. The van der Waals surface area contributed by atoms with Gasteiger partial charge in [-0.3, -0.25) is 14.4 Å². The normalized spacial score (nSPS) is 18.5. The zero-order valence-corrected chi connectivity index (χ0v) is 16.1. The molecule has 4 rings (SSSR count). The lowest BCUT2D eigenvalue weighted by Gasteiger charge is -2.35. The van der Waals surface area contributed by atoms with Crippen molar-refractivity contribution in [2.24, 2.45) is 5.92 Å². The quantitative estimate of drug-likeness (QED) is 0.647. The molecule has 3 heterocycles. The number of Topliss-reactive ketones (excluding diaryl/α,β-unsaturated/α-hetero) is 1. The van der Waals surface area contributed by atoms with Crippen LogP contribution in [0.1, 0.15) is 28.9 Å². The molecule has 0 atom stereocenters. The molecule has 0 aliphatic carbocycles. The number of aryl methyl sites for hydroxylation is 1. The molecular formula is C21H25N3O4. The number of carbonyl (C=O) groups excluding carboxylic acids is 3. The summed E-state index contributed by atoms with van der Waals surface area (Å²) < 4.78 is 5.30. The third-order valence-corrected chi connectivity index (χ3v) is 5.77. The molecule has 28 heavy (non-hydrogen) atoms. The standard InChI is InChI=1S/C21H25N3O4/c1-14-18(16-4-2-3-5-17(16)22-14)19(25)21(27)23-8-6-15(7-9-23)20(26)24-10-12-28-13-11-24/h2-5,15,22H,6-13H2,1H3. The molecule has 1 N–H and O–H groups in total. The van der Waals surface area contributed by atoms with Gasteiger partial charge in [0, 0.05) is 48.7 Å². The van der Waals surface area contributed by atoms with Gasteiger partial charge in [0.25, 0.3) is 11.7 Å². The van der Waals surface area contributed by atoms with Crippen LogP contribution in [0.3, 0.4) is 0 Å². The van der Waals surface area contributed by atoms with Gasteiger partial charge in [0.2, 0.25) is 5.91 Å². The van der Waals surface area contributed by atoms with E-state index in [1.165, 1.54) is 0 Å². The molecular weight excluding hydrogens is 358 g/mol. The third kappa shape index (κ3) is 3.42. The molecule has 7 nitrogen and oxygen atoms in total. The molecule has 2 aromatic rings. The van der Waals surface area contributed by atoms with E-state index in [0.717, 1.165) is 10.9 Å². The average Bonchev–Trinajstić information content (AvgIpc) is 3.08. The van der Waals surface area contributed by atoms with Crippen molar-refractivity contribution >= 4 is 28.5 Å². The van der Waals surface area contributed by atoms with E-state index in [1.54, 1.807) is 4.90 Å². The number of nitrogens with zero attached hydrogens (tertiary/aromatic N) is 2. The maximum atomic E-state index is 12.9. The van der Waals surface area contributed by atoms with Gasteiger partial charge >= 0.3 is 0 Å². The predicted octanol–water partition coefficient (Wildman–Crippen LogP) is 1.76. The van der Waals surface area contributed by atoms with Gasteiger partial charge in [0.1, 0.15) is 0 Å². The Morgan fingerprint density at radius 3 is 2.39 bits per heavy atom. The molecule has 0 radical (unpaired) electrons. The molecule has 0 bridgehead atoms. The Kier molecular flexibility index (Phi) is 5.17. The van der Waals surface area contributed by atoms with E-state index in [0.29, 0.717) is 63.5 Å². The van der Waals surface area contributed by atoms with Gasteiger partial charge in [-0.15, -0.1) is 0 Å². The third-order valence-electron chi connectivity index (χ3n) is 5.77. The van der Waals surface area contributed by atoms with Gasteiger partial charge < -0.3 is 19.5 Å². The number of nitrogens with one attached hydrogen (secondary N) is 1. The zero-order valence-electron chi connectivity index (χ0n) is 16.1. The van der Waals surface area contributed by atoms with Crippen LogP contribution >= 0.6 is 0 Å². The topological polar surface area (TPSA) is 82.7 Å². The summed E-state index contributed by atoms with van der Waals surface area (Å²) in [6.07, 6.45) is 1.20. The minimum absolute atomic E-state index is 0.0768. The van der Waals surface area contributed by atoms with Crippen molar-refractivity contribution in [3.8, 4) is 0 Å². The Morgan fingerprint density at radius 2 is 1.68 bits per heavy atom. The van der Waals surface area contributed by atoms with Gasteiger partial charge in [-0.25, -0.2) is 0 Å². The Labute approximate surface area is 163 Å². The van der Waals surface area contributed by atoms with Gasteiger partial charge in [-0.05, 0) is 25.8 Å². The van der Waals surface area contributed by atoms with E-state index < -0.39 is 11.7 Å². The van der Waals surface area contributed by atoms with Crippen LogP contribution in [0.25, 0.3) is 10.9 Å². The number of likely N-dealkylation sites (tertiary alicyclic amines) is 1. The summed E-state index contributed by atoms with van der Waals surface area (Å²) >= 11 is 0. The molecule has 2 saturated heterocycles. The molecule has 0 saturated carbocycles. The van der Waals surface area contributed by atoms with Crippen LogP contribution in [0.15, 0.2) is 24.3 Å². The van der Waals surface area contributed by atoms with Crippen LogP contribution in [0.4, 0.5) is 0 Å². The fourth-order valence-corrected chi connectivity index (χ4v) is 4.19. The van der Waals surface area contributed by atoms with Crippen molar-refractivity contribution in [2.75, 3.05) is 39.4 Å². The predicted molar refractivity (Wildman–Crippen MR) is 104 cm³/mol. The minimum atomic E-state index is -0.481. The lowest BCUT2D eigenvalue weighted by molar-refractivity contribution is -0.142. The fourth-order valence-electron chi connectivity index (χ4n) is 4.19. The maximum absolute atomic E-state index is 12.9. The van der Waals surface area contributed by atoms with Crippen LogP contribution in [0.2, 0.25) is 0 Å². The molecule has 0 spiro atoms. The van der Waals surface area contributed by atoms with E-state index in [2.05, 4.69) is 4.98 Å². The number of benzene rings is 1. The Hall–Kier alpha value is -2.67. The van der Waals surface area contributed by atoms with E-state index in [9.17, 15) is 14.4 Å². The van der Waals surface area contributed by atoms with Crippen LogP contribution in [0.5, 0.6) is 0 Å². The zero-order chi connectivity index (χ0) is 19.7. The Morgan fingerprint density at radius 1 is 1.00 bits per heavy atom. The highest BCUT2D eigenvalue weighted by molar-refractivity contribution is 6.45. The number of aromatic amines is 1. The lowest BCUT2D eigenvalue weighted by atomic mass is 9.94. The van der Waals surface area contributed by atoms with Crippen molar-refractivity contribution in [3.05, 3.63) is 35.5 Å². The van der Waals surface area contributed by atoms with Crippen LogP contribution in [0, 0.1) is 12.8 Å². The van der Waals surface area contributed by atoms with E-state index >= 15 is 0 Å². The van der Waals surface area contributed by atoms with Crippen LogP contribution in [-0.4, -0.2) is 71.8 Å². The smallest absolute Gasteiger partial charge is 0.295 e. The molecule has 2 fully saturated rings. The van der Waals surface area contributed by atoms with Crippen molar-refractivity contribution in [3.63, 3.8) is 0 Å². The van der Waals surface area contributed by atoms with Gasteiger partial charge in [-0.1, -0.05) is 18.2 Å².